The zero-order chi connectivity index (χ0) is 10.1. The van der Waals surface area contributed by atoms with E-state index in [1.807, 2.05) is 0 Å². The van der Waals surface area contributed by atoms with Crippen molar-refractivity contribution in [2.75, 3.05) is 0 Å². The zero-order valence-electron chi connectivity index (χ0n) is 8.58. The lowest BCUT2D eigenvalue weighted by atomic mass is 10.1. The fraction of sp³-hybridized carbons (Fsp3) is 0.818. The highest BCUT2D eigenvalue weighted by Crippen LogP contribution is 2.44. The average molecular weight is 195 g/mol. The van der Waals surface area contributed by atoms with Gasteiger partial charge in [-0.05, 0) is 44.4 Å². The van der Waals surface area contributed by atoms with Crippen LogP contribution in [0.15, 0.2) is 0 Å². The molecule has 0 heterocycles. The number of hydrogen-bond donors (Lipinski definition) is 1. The van der Waals surface area contributed by atoms with E-state index in [-0.39, 0.29) is 18.1 Å². The van der Waals surface area contributed by atoms with Gasteiger partial charge in [0.2, 0.25) is 5.91 Å². The standard InChI is InChI=1S/C11H17NO2/c1-7(13)6-10(14)12-11(8-2-3-8)9-4-5-9/h8-9,11H,2-6H2,1H3,(H,12,14). The number of carbonyl (C=O) groups is 2. The van der Waals surface area contributed by atoms with Crippen LogP contribution in [0.3, 0.4) is 0 Å². The van der Waals surface area contributed by atoms with Crippen molar-refractivity contribution in [1.82, 2.24) is 5.32 Å². The summed E-state index contributed by atoms with van der Waals surface area (Å²) in [6, 6.07) is 0.377. The third-order valence-corrected chi connectivity index (χ3v) is 3.00. The Labute approximate surface area is 84.2 Å². The van der Waals surface area contributed by atoms with Crippen molar-refractivity contribution in [2.24, 2.45) is 11.8 Å². The molecular formula is C11H17NO2. The number of nitrogens with one attached hydrogen (secondary N) is 1. The van der Waals surface area contributed by atoms with E-state index < -0.39 is 0 Å². The van der Waals surface area contributed by atoms with Crippen molar-refractivity contribution in [1.29, 1.82) is 0 Å². The largest absolute Gasteiger partial charge is 0.352 e. The van der Waals surface area contributed by atoms with E-state index in [0.717, 1.165) is 0 Å². The first-order valence-electron chi connectivity index (χ1n) is 5.45. The molecule has 0 bridgehead atoms. The lowest BCUT2D eigenvalue weighted by molar-refractivity contribution is -0.127. The quantitative estimate of drug-likeness (QED) is 0.671. The highest BCUT2D eigenvalue weighted by molar-refractivity contribution is 5.96. The molecule has 3 nitrogen and oxygen atoms in total. The third kappa shape index (κ3) is 2.56. The van der Waals surface area contributed by atoms with Crippen LogP contribution in [-0.4, -0.2) is 17.7 Å². The number of rotatable bonds is 5. The molecule has 0 unspecified atom stereocenters. The van der Waals surface area contributed by atoms with E-state index in [9.17, 15) is 9.59 Å². The van der Waals surface area contributed by atoms with E-state index in [4.69, 9.17) is 0 Å². The van der Waals surface area contributed by atoms with Gasteiger partial charge in [0, 0.05) is 6.04 Å². The van der Waals surface area contributed by atoms with Crippen molar-refractivity contribution in [3.63, 3.8) is 0 Å². The van der Waals surface area contributed by atoms with Gasteiger partial charge in [-0.2, -0.15) is 0 Å². The molecule has 2 rings (SSSR count). The fourth-order valence-corrected chi connectivity index (χ4v) is 1.99. The Morgan fingerprint density at radius 3 is 2.07 bits per heavy atom. The van der Waals surface area contributed by atoms with Crippen molar-refractivity contribution in [2.45, 2.75) is 45.1 Å². The summed E-state index contributed by atoms with van der Waals surface area (Å²) in [4.78, 5) is 22.1. The molecular weight excluding hydrogens is 178 g/mol. The molecule has 2 aliphatic carbocycles. The Hall–Kier alpha value is -0.860. The summed E-state index contributed by atoms with van der Waals surface area (Å²) in [5, 5.41) is 3.01. The summed E-state index contributed by atoms with van der Waals surface area (Å²) < 4.78 is 0. The van der Waals surface area contributed by atoms with E-state index in [2.05, 4.69) is 5.32 Å². The first kappa shape index (κ1) is 9.69. The van der Waals surface area contributed by atoms with Gasteiger partial charge in [0.25, 0.3) is 0 Å². The van der Waals surface area contributed by atoms with Gasteiger partial charge in [-0.15, -0.1) is 0 Å². The van der Waals surface area contributed by atoms with E-state index in [0.29, 0.717) is 17.9 Å². The molecule has 0 aromatic rings. The molecule has 0 atom stereocenters. The lowest BCUT2D eigenvalue weighted by Crippen LogP contribution is -2.38. The maximum atomic E-state index is 11.4. The number of hydrogen-bond acceptors (Lipinski definition) is 2. The summed E-state index contributed by atoms with van der Waals surface area (Å²) >= 11 is 0. The Morgan fingerprint density at radius 2 is 1.71 bits per heavy atom. The third-order valence-electron chi connectivity index (χ3n) is 3.00. The van der Waals surface area contributed by atoms with Gasteiger partial charge in [0.05, 0.1) is 6.42 Å². The maximum Gasteiger partial charge on any atom is 0.227 e. The Morgan fingerprint density at radius 1 is 1.21 bits per heavy atom. The van der Waals surface area contributed by atoms with Crippen molar-refractivity contribution in [3.8, 4) is 0 Å². The summed E-state index contributed by atoms with van der Waals surface area (Å²) in [6.07, 6.45) is 5.06. The highest BCUT2D eigenvalue weighted by Gasteiger charge is 2.42. The van der Waals surface area contributed by atoms with Gasteiger partial charge < -0.3 is 5.32 Å². The summed E-state index contributed by atoms with van der Waals surface area (Å²) in [7, 11) is 0. The van der Waals surface area contributed by atoms with Crippen LogP contribution in [0.5, 0.6) is 0 Å². The molecule has 2 aliphatic rings. The molecule has 0 aromatic heterocycles. The minimum Gasteiger partial charge on any atom is -0.352 e. The molecule has 78 valence electrons. The predicted octanol–water partition coefficient (Wildman–Crippen LogP) is 1.27. The van der Waals surface area contributed by atoms with Gasteiger partial charge >= 0.3 is 0 Å². The topological polar surface area (TPSA) is 46.2 Å². The number of ketones is 1. The van der Waals surface area contributed by atoms with Crippen LogP contribution < -0.4 is 5.32 Å². The van der Waals surface area contributed by atoms with Gasteiger partial charge in [0.15, 0.2) is 0 Å². The SMILES string of the molecule is CC(=O)CC(=O)NC(C1CC1)C1CC1. The number of carbonyl (C=O) groups excluding carboxylic acids is 2. The second-order valence-corrected chi connectivity index (χ2v) is 4.65. The fourth-order valence-electron chi connectivity index (χ4n) is 1.99. The second kappa shape index (κ2) is 3.71. The van der Waals surface area contributed by atoms with Gasteiger partial charge in [0.1, 0.15) is 5.78 Å². The second-order valence-electron chi connectivity index (χ2n) is 4.65. The Bertz CT molecular complexity index is 242. The van der Waals surface area contributed by atoms with Crippen LogP contribution in [0.25, 0.3) is 0 Å². The molecule has 1 amide bonds. The van der Waals surface area contributed by atoms with Crippen LogP contribution in [-0.2, 0) is 9.59 Å². The smallest absolute Gasteiger partial charge is 0.227 e. The van der Waals surface area contributed by atoms with Crippen molar-refractivity contribution < 1.29 is 9.59 Å². The van der Waals surface area contributed by atoms with Crippen molar-refractivity contribution in [3.05, 3.63) is 0 Å². The first-order valence-corrected chi connectivity index (χ1v) is 5.45. The molecule has 3 heteroatoms. The number of Topliss-reactive ketones (excluding diaryl/α,β-unsaturated/α-hetero) is 1. The minimum absolute atomic E-state index is 0.0483. The monoisotopic (exact) mass is 195 g/mol. The summed E-state index contributed by atoms with van der Waals surface area (Å²) in [5.41, 5.74) is 0. The Balaban J connectivity index is 1.80. The Kier molecular flexibility index (Phi) is 2.57. The molecule has 1 N–H and O–H groups in total. The molecule has 0 spiro atoms. The average Bonchev–Trinajstić information content (AvgIpc) is 2.94. The zero-order valence-corrected chi connectivity index (χ0v) is 8.58. The van der Waals surface area contributed by atoms with Gasteiger partial charge in [-0.25, -0.2) is 0 Å². The van der Waals surface area contributed by atoms with Crippen LogP contribution >= 0.6 is 0 Å². The normalized spacial score (nSPS) is 21.0. The molecule has 0 saturated heterocycles. The molecule has 0 radical (unpaired) electrons. The highest BCUT2D eigenvalue weighted by atomic mass is 16.2. The number of amides is 1. The van der Waals surface area contributed by atoms with E-state index in [1.54, 1.807) is 0 Å². The van der Waals surface area contributed by atoms with E-state index in [1.165, 1.54) is 32.6 Å². The molecule has 14 heavy (non-hydrogen) atoms. The van der Waals surface area contributed by atoms with Crippen LogP contribution in [0.4, 0.5) is 0 Å². The molecule has 0 aliphatic heterocycles. The molecule has 2 saturated carbocycles. The maximum absolute atomic E-state index is 11.4. The predicted molar refractivity (Wildman–Crippen MR) is 52.7 cm³/mol. The summed E-state index contributed by atoms with van der Waals surface area (Å²) in [5.74, 6) is 1.28. The van der Waals surface area contributed by atoms with Crippen LogP contribution in [0.2, 0.25) is 0 Å². The van der Waals surface area contributed by atoms with Crippen molar-refractivity contribution >= 4 is 11.7 Å². The summed E-state index contributed by atoms with van der Waals surface area (Å²) in [6.45, 7) is 1.46. The first-order chi connectivity index (χ1) is 6.66. The molecule has 2 fully saturated rings. The lowest BCUT2D eigenvalue weighted by Gasteiger charge is -2.16. The van der Waals surface area contributed by atoms with Crippen LogP contribution in [0, 0.1) is 11.8 Å². The molecule has 0 aromatic carbocycles. The van der Waals surface area contributed by atoms with Gasteiger partial charge in [-0.3, -0.25) is 9.59 Å². The minimum atomic E-state index is -0.0821. The van der Waals surface area contributed by atoms with E-state index >= 15 is 0 Å². The van der Waals surface area contributed by atoms with Gasteiger partial charge in [-0.1, -0.05) is 0 Å². The van der Waals surface area contributed by atoms with Crippen LogP contribution in [0.1, 0.15) is 39.0 Å².